The maximum Gasteiger partial charge on any atom is 0.155 e. The smallest absolute Gasteiger partial charge is 0.155 e. The molecule has 1 aromatic carbocycles. The van der Waals surface area contributed by atoms with Crippen LogP contribution in [0.3, 0.4) is 0 Å². The molecule has 5 bridgehead atoms. The first kappa shape index (κ1) is 20.2. The number of hydrogen-bond acceptors (Lipinski definition) is 2. The van der Waals surface area contributed by atoms with E-state index in [2.05, 4.69) is 46.4 Å². The molecule has 1 nitrogen and oxygen atoms in total. The molecule has 0 amide bonds. The summed E-state index contributed by atoms with van der Waals surface area (Å²) >= 11 is 7.85. The fourth-order valence-corrected chi connectivity index (χ4v) is 9.81. The Labute approximate surface area is 185 Å². The first-order valence-corrected chi connectivity index (χ1v) is 12.4. The van der Waals surface area contributed by atoms with Gasteiger partial charge in [0.05, 0.1) is 4.75 Å². The molecule has 0 heterocycles. The van der Waals surface area contributed by atoms with E-state index in [1.807, 2.05) is 12.1 Å². The first-order valence-electron chi connectivity index (χ1n) is 11.2. The molecular formula is C26H33ClOS. The molecule has 5 saturated carbocycles. The largest absolute Gasteiger partial charge is 0.297 e. The maximum atomic E-state index is 14.4. The summed E-state index contributed by atoms with van der Waals surface area (Å²) in [5, 5.41) is 0.742. The molecule has 1 aromatic rings. The average molecular weight is 429 g/mol. The van der Waals surface area contributed by atoms with E-state index >= 15 is 0 Å². The minimum Gasteiger partial charge on any atom is -0.297 e. The van der Waals surface area contributed by atoms with Crippen molar-refractivity contribution in [1.82, 2.24) is 0 Å². The topological polar surface area (TPSA) is 17.1 Å². The molecule has 0 aliphatic heterocycles. The highest BCUT2D eigenvalue weighted by Crippen LogP contribution is 2.82. The Hall–Kier alpha value is -0.730. The molecule has 0 aromatic heterocycles. The number of Topliss-reactive ketones (excluding diaryl/α,β-unsaturated/α-hetero) is 1. The van der Waals surface area contributed by atoms with Crippen molar-refractivity contribution in [2.24, 2.45) is 34.0 Å². The maximum absolute atomic E-state index is 14.4. The van der Waals surface area contributed by atoms with Gasteiger partial charge in [0, 0.05) is 15.3 Å². The first-order chi connectivity index (χ1) is 13.5. The normalized spacial score (nSPS) is 48.5. The van der Waals surface area contributed by atoms with Crippen LogP contribution in [0.2, 0.25) is 5.02 Å². The molecule has 5 fully saturated rings. The standard InChI is InChI=1S/C26H33ClOS/c1-16-13-23(3)17(2)10-11-26-15-18(12-21(23)26)25(26,5)22(28)24(4,14-16)29-20-8-6-19(27)7-9-20/h6-9,17-18,21H,1,10-15H2,2-5H3/t17-,18?,21?,23-,24-,25?,26?/m1/s1. The zero-order chi connectivity index (χ0) is 20.8. The van der Waals surface area contributed by atoms with Crippen molar-refractivity contribution in [2.75, 3.05) is 0 Å². The highest BCUT2D eigenvalue weighted by molar-refractivity contribution is 8.01. The summed E-state index contributed by atoms with van der Waals surface area (Å²) < 4.78 is -0.461. The van der Waals surface area contributed by atoms with Crippen LogP contribution in [0.4, 0.5) is 0 Å². The molecule has 4 unspecified atom stereocenters. The minimum atomic E-state index is -0.461. The van der Waals surface area contributed by atoms with Gasteiger partial charge in [-0.25, -0.2) is 0 Å². The molecule has 5 aliphatic carbocycles. The Kier molecular flexibility index (Phi) is 4.29. The molecule has 1 spiro atoms. The lowest BCUT2D eigenvalue weighted by molar-refractivity contribution is -0.174. The van der Waals surface area contributed by atoms with Crippen molar-refractivity contribution < 1.29 is 4.79 Å². The predicted octanol–water partition coefficient (Wildman–Crippen LogP) is 7.58. The molecule has 3 heteroatoms. The molecule has 0 radical (unpaired) electrons. The Bertz CT molecular complexity index is 892. The van der Waals surface area contributed by atoms with Crippen LogP contribution in [-0.2, 0) is 4.79 Å². The van der Waals surface area contributed by atoms with E-state index in [0.29, 0.717) is 23.5 Å². The molecule has 7 atom stereocenters. The van der Waals surface area contributed by atoms with Crippen LogP contribution in [0.15, 0.2) is 41.3 Å². The van der Waals surface area contributed by atoms with Gasteiger partial charge in [0.15, 0.2) is 5.78 Å². The summed E-state index contributed by atoms with van der Waals surface area (Å²) in [5.41, 5.74) is 1.61. The van der Waals surface area contributed by atoms with E-state index in [1.54, 1.807) is 11.8 Å². The fourth-order valence-electron chi connectivity index (χ4n) is 8.31. The van der Waals surface area contributed by atoms with E-state index in [9.17, 15) is 4.79 Å². The molecule has 5 aliphatic rings. The van der Waals surface area contributed by atoms with E-state index in [4.69, 9.17) is 11.6 Å². The van der Waals surface area contributed by atoms with Crippen LogP contribution in [0.25, 0.3) is 0 Å². The number of halogens is 1. The van der Waals surface area contributed by atoms with Gasteiger partial charge >= 0.3 is 0 Å². The van der Waals surface area contributed by atoms with E-state index < -0.39 is 4.75 Å². The van der Waals surface area contributed by atoms with Gasteiger partial charge in [-0.1, -0.05) is 44.5 Å². The third kappa shape index (κ3) is 2.45. The lowest BCUT2D eigenvalue weighted by atomic mass is 9.40. The van der Waals surface area contributed by atoms with Gasteiger partial charge < -0.3 is 0 Å². The van der Waals surface area contributed by atoms with Gasteiger partial charge in [0.2, 0.25) is 0 Å². The molecule has 6 rings (SSSR count). The summed E-state index contributed by atoms with van der Waals surface area (Å²) in [6.07, 6.45) is 6.88. The summed E-state index contributed by atoms with van der Waals surface area (Å²) in [5.74, 6) is 2.45. The number of thioether (sulfide) groups is 1. The second-order valence-corrected chi connectivity index (χ2v) is 13.2. The number of ketones is 1. The highest BCUT2D eigenvalue weighted by atomic mass is 35.5. The van der Waals surface area contributed by atoms with Crippen molar-refractivity contribution in [3.8, 4) is 0 Å². The quantitative estimate of drug-likeness (QED) is 0.451. The Morgan fingerprint density at radius 1 is 1.14 bits per heavy atom. The van der Waals surface area contributed by atoms with E-state index in [-0.39, 0.29) is 16.2 Å². The van der Waals surface area contributed by atoms with Gasteiger partial charge in [-0.2, -0.15) is 0 Å². The molecule has 156 valence electrons. The van der Waals surface area contributed by atoms with Crippen LogP contribution < -0.4 is 0 Å². The second-order valence-electron chi connectivity index (χ2n) is 11.2. The SMILES string of the molecule is C=C1C[C@@](C)(Sc2ccc(Cl)cc2)C(=O)C2(C)C3CC4C2(CC[C@@H](C)[C@@]4(C)C1)C3. The average Bonchev–Trinajstić information content (AvgIpc) is 3.19. The van der Waals surface area contributed by atoms with Crippen molar-refractivity contribution in [1.29, 1.82) is 0 Å². The summed E-state index contributed by atoms with van der Waals surface area (Å²) in [7, 11) is 0. The third-order valence-corrected chi connectivity index (χ3v) is 11.5. The second kappa shape index (κ2) is 6.16. The molecule has 0 N–H and O–H groups in total. The summed E-state index contributed by atoms with van der Waals surface area (Å²) in [4.78, 5) is 15.5. The van der Waals surface area contributed by atoms with Crippen LogP contribution in [-0.4, -0.2) is 10.5 Å². The van der Waals surface area contributed by atoms with Crippen LogP contribution >= 0.6 is 23.4 Å². The van der Waals surface area contributed by atoms with Gasteiger partial charge in [-0.15, -0.1) is 11.8 Å². The number of carbonyl (C=O) groups excluding carboxylic acids is 1. The fraction of sp³-hybridized carbons (Fsp3) is 0.654. The number of hydrogen-bond donors (Lipinski definition) is 0. The number of allylic oxidation sites excluding steroid dienone is 1. The lowest BCUT2D eigenvalue weighted by Crippen LogP contribution is -2.63. The van der Waals surface area contributed by atoms with Gasteiger partial charge in [-0.3, -0.25) is 4.79 Å². The van der Waals surface area contributed by atoms with Crippen molar-refractivity contribution >= 4 is 29.1 Å². The van der Waals surface area contributed by atoms with E-state index in [0.717, 1.165) is 22.8 Å². The zero-order valence-electron chi connectivity index (χ0n) is 18.2. The Balaban J connectivity index is 1.61. The summed E-state index contributed by atoms with van der Waals surface area (Å²) in [6.45, 7) is 14.0. The van der Waals surface area contributed by atoms with Crippen LogP contribution in [0, 0.1) is 34.0 Å². The van der Waals surface area contributed by atoms with Crippen LogP contribution in [0.5, 0.6) is 0 Å². The van der Waals surface area contributed by atoms with Crippen LogP contribution in [0.1, 0.15) is 66.2 Å². The number of rotatable bonds is 2. The van der Waals surface area contributed by atoms with E-state index in [1.165, 1.54) is 31.3 Å². The molecule has 0 saturated heterocycles. The number of carbonyl (C=O) groups is 1. The highest BCUT2D eigenvalue weighted by Gasteiger charge is 2.79. The molecule has 29 heavy (non-hydrogen) atoms. The zero-order valence-corrected chi connectivity index (χ0v) is 19.8. The van der Waals surface area contributed by atoms with Crippen molar-refractivity contribution in [3.05, 3.63) is 41.4 Å². The monoisotopic (exact) mass is 428 g/mol. The van der Waals surface area contributed by atoms with Crippen molar-refractivity contribution in [2.45, 2.75) is 75.9 Å². The Morgan fingerprint density at radius 2 is 1.83 bits per heavy atom. The van der Waals surface area contributed by atoms with Gasteiger partial charge in [0.1, 0.15) is 0 Å². The van der Waals surface area contributed by atoms with Gasteiger partial charge in [0.25, 0.3) is 0 Å². The number of benzene rings is 1. The molecular weight excluding hydrogens is 396 g/mol. The predicted molar refractivity (Wildman–Crippen MR) is 122 cm³/mol. The third-order valence-electron chi connectivity index (χ3n) is 9.92. The lowest BCUT2D eigenvalue weighted by Gasteiger charge is -2.64. The van der Waals surface area contributed by atoms with Gasteiger partial charge in [-0.05, 0) is 98.3 Å². The summed E-state index contributed by atoms with van der Waals surface area (Å²) in [6, 6.07) is 7.98. The minimum absolute atomic E-state index is 0.169. The van der Waals surface area contributed by atoms with Crippen molar-refractivity contribution in [3.63, 3.8) is 0 Å². The Morgan fingerprint density at radius 3 is 2.52 bits per heavy atom.